The zero-order valence-corrected chi connectivity index (χ0v) is 19.5. The summed E-state index contributed by atoms with van der Waals surface area (Å²) in [6.45, 7) is 11.1. The molecule has 1 fully saturated rings. The van der Waals surface area contributed by atoms with Crippen LogP contribution in [0.5, 0.6) is 5.75 Å². The van der Waals surface area contributed by atoms with Crippen LogP contribution in [-0.2, 0) is 5.41 Å². The van der Waals surface area contributed by atoms with E-state index < -0.39 is 5.41 Å². The van der Waals surface area contributed by atoms with Gasteiger partial charge in [0.1, 0.15) is 18.2 Å². The van der Waals surface area contributed by atoms with Gasteiger partial charge in [-0.2, -0.15) is 5.26 Å². The quantitative estimate of drug-likeness (QED) is 0.518. The van der Waals surface area contributed by atoms with Gasteiger partial charge in [-0.25, -0.2) is 4.39 Å². The van der Waals surface area contributed by atoms with Crippen molar-refractivity contribution in [3.8, 4) is 11.8 Å². The second kappa shape index (κ2) is 12.0. The Balaban J connectivity index is 1.43. The molecule has 0 bridgehead atoms. The van der Waals surface area contributed by atoms with Gasteiger partial charge in [0.15, 0.2) is 0 Å². The Morgan fingerprint density at radius 3 is 2.25 bits per heavy atom. The zero-order valence-electron chi connectivity index (χ0n) is 19.5. The molecular weight excluding hydrogens is 401 g/mol. The summed E-state index contributed by atoms with van der Waals surface area (Å²) < 4.78 is 18.8. The first-order valence-corrected chi connectivity index (χ1v) is 11.8. The topological polar surface area (TPSA) is 39.5 Å². The highest BCUT2D eigenvalue weighted by Crippen LogP contribution is 2.36. The Kier molecular flexibility index (Phi) is 9.08. The molecule has 0 N–H and O–H groups in total. The Labute approximate surface area is 192 Å². The highest BCUT2D eigenvalue weighted by molar-refractivity contribution is 5.33. The lowest BCUT2D eigenvalue weighted by atomic mass is 9.70. The Morgan fingerprint density at radius 2 is 1.62 bits per heavy atom. The molecule has 1 unspecified atom stereocenters. The SMILES string of the molecule is CC(C)C(C#N)(CCCN1CCCN(CCOc2ccc(F)cc2)CC1)c1ccccc1. The smallest absolute Gasteiger partial charge is 0.123 e. The van der Waals surface area contributed by atoms with Gasteiger partial charge < -0.3 is 9.64 Å². The molecule has 0 aliphatic carbocycles. The van der Waals surface area contributed by atoms with Gasteiger partial charge in [0.2, 0.25) is 0 Å². The minimum Gasteiger partial charge on any atom is -0.492 e. The molecule has 32 heavy (non-hydrogen) atoms. The maximum Gasteiger partial charge on any atom is 0.123 e. The number of nitriles is 1. The van der Waals surface area contributed by atoms with Crippen LogP contribution in [0.25, 0.3) is 0 Å². The van der Waals surface area contributed by atoms with Gasteiger partial charge in [0.25, 0.3) is 0 Å². The van der Waals surface area contributed by atoms with Crippen molar-refractivity contribution in [2.75, 3.05) is 45.9 Å². The first-order chi connectivity index (χ1) is 15.5. The average Bonchev–Trinajstić information content (AvgIpc) is 3.04. The van der Waals surface area contributed by atoms with E-state index in [1.165, 1.54) is 12.1 Å². The van der Waals surface area contributed by atoms with E-state index in [-0.39, 0.29) is 11.7 Å². The van der Waals surface area contributed by atoms with Gasteiger partial charge >= 0.3 is 0 Å². The minimum atomic E-state index is -0.420. The average molecular weight is 438 g/mol. The fourth-order valence-electron chi connectivity index (χ4n) is 4.63. The van der Waals surface area contributed by atoms with Crippen LogP contribution in [0.15, 0.2) is 54.6 Å². The second-order valence-electron chi connectivity index (χ2n) is 9.05. The number of rotatable bonds is 10. The van der Waals surface area contributed by atoms with Crippen molar-refractivity contribution in [1.82, 2.24) is 9.80 Å². The molecule has 3 rings (SSSR count). The van der Waals surface area contributed by atoms with E-state index in [4.69, 9.17) is 4.74 Å². The van der Waals surface area contributed by atoms with Crippen molar-refractivity contribution in [1.29, 1.82) is 5.26 Å². The molecule has 1 aliphatic rings. The van der Waals surface area contributed by atoms with Crippen LogP contribution in [0.2, 0.25) is 0 Å². The maximum absolute atomic E-state index is 13.0. The van der Waals surface area contributed by atoms with Gasteiger partial charge in [0.05, 0.1) is 11.5 Å². The van der Waals surface area contributed by atoms with Gasteiger partial charge in [-0.3, -0.25) is 4.90 Å². The number of hydrogen-bond donors (Lipinski definition) is 0. The van der Waals surface area contributed by atoms with Crippen LogP contribution in [0.4, 0.5) is 4.39 Å². The summed E-state index contributed by atoms with van der Waals surface area (Å²) in [6.07, 6.45) is 3.05. The van der Waals surface area contributed by atoms with Gasteiger partial charge in [-0.15, -0.1) is 0 Å². The van der Waals surface area contributed by atoms with Crippen LogP contribution in [-0.4, -0.2) is 55.7 Å². The number of hydrogen-bond acceptors (Lipinski definition) is 4. The minimum absolute atomic E-state index is 0.242. The molecule has 1 atom stereocenters. The number of nitrogens with zero attached hydrogens (tertiary/aromatic N) is 3. The van der Waals surface area contributed by atoms with E-state index >= 15 is 0 Å². The summed E-state index contributed by atoms with van der Waals surface area (Å²) in [5, 5.41) is 10.1. The van der Waals surface area contributed by atoms with Crippen LogP contribution in [0, 0.1) is 23.1 Å². The first kappa shape index (κ1) is 24.2. The summed E-state index contributed by atoms with van der Waals surface area (Å²) in [5.74, 6) is 0.747. The summed E-state index contributed by atoms with van der Waals surface area (Å²) in [7, 11) is 0. The molecule has 0 amide bonds. The third-order valence-electron chi connectivity index (χ3n) is 6.69. The van der Waals surface area contributed by atoms with Crippen molar-refractivity contribution in [3.05, 3.63) is 66.0 Å². The summed E-state index contributed by atoms with van der Waals surface area (Å²) in [5.41, 5.74) is 0.720. The Morgan fingerprint density at radius 1 is 0.969 bits per heavy atom. The third kappa shape index (κ3) is 6.54. The number of halogens is 1. The van der Waals surface area contributed by atoms with Gasteiger partial charge in [-0.05, 0) is 74.6 Å². The fourth-order valence-corrected chi connectivity index (χ4v) is 4.63. The van der Waals surface area contributed by atoms with Crippen LogP contribution in [0.1, 0.15) is 38.7 Å². The van der Waals surface area contributed by atoms with Crippen LogP contribution in [0.3, 0.4) is 0 Å². The predicted molar refractivity (Wildman–Crippen MR) is 127 cm³/mol. The molecule has 5 heteroatoms. The standard InChI is InChI=1S/C27H36FN3O/c1-23(2)27(22-29,24-8-4-3-5-9-24)14-6-15-30-16-7-17-31(19-18-30)20-21-32-26-12-10-25(28)11-13-26/h3-5,8-13,23H,6-7,14-21H2,1-2H3. The number of ether oxygens (including phenoxy) is 1. The highest BCUT2D eigenvalue weighted by Gasteiger charge is 2.35. The normalized spacial score (nSPS) is 17.5. The van der Waals surface area contributed by atoms with Crippen molar-refractivity contribution in [2.24, 2.45) is 5.92 Å². The summed E-state index contributed by atoms with van der Waals surface area (Å²) in [4.78, 5) is 4.98. The van der Waals surface area contributed by atoms with E-state index in [9.17, 15) is 9.65 Å². The first-order valence-electron chi connectivity index (χ1n) is 11.8. The van der Waals surface area contributed by atoms with Crippen molar-refractivity contribution in [2.45, 2.75) is 38.5 Å². The summed E-state index contributed by atoms with van der Waals surface area (Å²) >= 11 is 0. The van der Waals surface area contributed by atoms with E-state index in [1.54, 1.807) is 12.1 Å². The molecular formula is C27H36FN3O. The van der Waals surface area contributed by atoms with E-state index in [2.05, 4.69) is 41.8 Å². The molecule has 1 aliphatic heterocycles. The maximum atomic E-state index is 13.0. The highest BCUT2D eigenvalue weighted by atomic mass is 19.1. The van der Waals surface area contributed by atoms with E-state index in [0.717, 1.165) is 64.1 Å². The fraction of sp³-hybridized carbons (Fsp3) is 0.519. The molecule has 1 heterocycles. The molecule has 4 nitrogen and oxygen atoms in total. The lowest BCUT2D eigenvalue weighted by Gasteiger charge is -2.32. The van der Waals surface area contributed by atoms with Crippen LogP contribution >= 0.6 is 0 Å². The van der Waals surface area contributed by atoms with Crippen molar-refractivity contribution >= 4 is 0 Å². The molecule has 172 valence electrons. The lowest BCUT2D eigenvalue weighted by Crippen LogP contribution is -2.35. The van der Waals surface area contributed by atoms with Gasteiger partial charge in [0, 0.05) is 19.6 Å². The Bertz CT molecular complexity index is 849. The van der Waals surface area contributed by atoms with E-state index in [1.807, 2.05) is 18.2 Å². The monoisotopic (exact) mass is 437 g/mol. The van der Waals surface area contributed by atoms with E-state index in [0.29, 0.717) is 12.4 Å². The summed E-state index contributed by atoms with van der Waals surface area (Å²) in [6, 6.07) is 19.1. The molecule has 1 saturated heterocycles. The molecule has 0 spiro atoms. The van der Waals surface area contributed by atoms with Crippen molar-refractivity contribution < 1.29 is 9.13 Å². The molecule has 0 aromatic heterocycles. The number of benzene rings is 2. The zero-order chi connectivity index (χ0) is 22.8. The second-order valence-corrected chi connectivity index (χ2v) is 9.05. The largest absolute Gasteiger partial charge is 0.492 e. The molecule has 2 aromatic rings. The third-order valence-corrected chi connectivity index (χ3v) is 6.69. The molecule has 0 radical (unpaired) electrons. The van der Waals surface area contributed by atoms with Crippen LogP contribution < -0.4 is 4.74 Å². The molecule has 2 aromatic carbocycles. The van der Waals surface area contributed by atoms with Gasteiger partial charge in [-0.1, -0.05) is 44.2 Å². The Hall–Kier alpha value is -2.42. The predicted octanol–water partition coefficient (Wildman–Crippen LogP) is 5.11. The lowest BCUT2D eigenvalue weighted by molar-refractivity contribution is 0.206. The molecule has 0 saturated carbocycles. The van der Waals surface area contributed by atoms with Crippen molar-refractivity contribution in [3.63, 3.8) is 0 Å².